The second-order valence-corrected chi connectivity index (χ2v) is 5.46. The van der Waals surface area contributed by atoms with Gasteiger partial charge in [0.25, 0.3) is 0 Å². The molecule has 0 bridgehead atoms. The van der Waals surface area contributed by atoms with Crippen LogP contribution in [0.5, 0.6) is 0 Å². The van der Waals surface area contributed by atoms with E-state index in [0.717, 1.165) is 29.0 Å². The molecule has 0 aromatic carbocycles. The van der Waals surface area contributed by atoms with Crippen molar-refractivity contribution in [3.8, 4) is 0 Å². The topological polar surface area (TPSA) is 74.6 Å². The average molecular weight is 280 g/mol. The second kappa shape index (κ2) is 6.21. The summed E-state index contributed by atoms with van der Waals surface area (Å²) >= 11 is 1.64. The summed E-state index contributed by atoms with van der Waals surface area (Å²) in [6.07, 6.45) is 2.01. The fraction of sp³-hybridized carbons (Fsp3) is 0.583. The summed E-state index contributed by atoms with van der Waals surface area (Å²) < 4.78 is 4.01. The van der Waals surface area contributed by atoms with Gasteiger partial charge in [0.1, 0.15) is 5.82 Å². The number of hydrogen-bond donors (Lipinski definition) is 1. The minimum absolute atomic E-state index is 0.391. The Bertz CT molecular complexity index is 530. The predicted octanol–water partition coefficient (Wildman–Crippen LogP) is 1.83. The predicted molar refractivity (Wildman–Crippen MR) is 75.8 cm³/mol. The van der Waals surface area contributed by atoms with Crippen molar-refractivity contribution >= 4 is 11.8 Å². The number of rotatable bonds is 6. The highest BCUT2D eigenvalue weighted by atomic mass is 32.2. The van der Waals surface area contributed by atoms with Crippen LogP contribution in [0.1, 0.15) is 38.3 Å². The van der Waals surface area contributed by atoms with E-state index >= 15 is 0 Å². The summed E-state index contributed by atoms with van der Waals surface area (Å²) in [5.41, 5.74) is 6.69. The van der Waals surface area contributed by atoms with Gasteiger partial charge in [-0.05, 0) is 26.8 Å². The fourth-order valence-corrected chi connectivity index (χ4v) is 2.69. The summed E-state index contributed by atoms with van der Waals surface area (Å²) in [4.78, 5) is 0. The van der Waals surface area contributed by atoms with Gasteiger partial charge in [0.15, 0.2) is 5.16 Å². The highest BCUT2D eigenvalue weighted by Crippen LogP contribution is 2.21. The summed E-state index contributed by atoms with van der Waals surface area (Å²) in [6.45, 7) is 7.56. The molecule has 2 aromatic heterocycles. The maximum atomic E-state index is 5.64. The maximum Gasteiger partial charge on any atom is 0.191 e. The molecule has 2 aromatic rings. The van der Waals surface area contributed by atoms with Crippen LogP contribution < -0.4 is 5.73 Å². The molecule has 0 radical (unpaired) electrons. The van der Waals surface area contributed by atoms with Gasteiger partial charge in [0.2, 0.25) is 0 Å². The third-order valence-corrected chi connectivity index (χ3v) is 3.83. The van der Waals surface area contributed by atoms with E-state index in [2.05, 4.69) is 36.1 Å². The van der Waals surface area contributed by atoms with Crippen LogP contribution in [0.4, 0.5) is 0 Å². The van der Waals surface area contributed by atoms with Gasteiger partial charge in [0.05, 0.1) is 12.2 Å². The number of aromatic nitrogens is 5. The lowest BCUT2D eigenvalue weighted by Gasteiger charge is -2.05. The van der Waals surface area contributed by atoms with Crippen molar-refractivity contribution in [3.05, 3.63) is 23.8 Å². The first kappa shape index (κ1) is 14.1. The molecule has 2 N–H and O–H groups in total. The van der Waals surface area contributed by atoms with Crippen molar-refractivity contribution < 1.29 is 0 Å². The fourth-order valence-electron chi connectivity index (χ4n) is 1.77. The minimum Gasteiger partial charge on any atom is -0.324 e. The molecule has 2 heterocycles. The number of thioether (sulfide) groups is 1. The van der Waals surface area contributed by atoms with Crippen molar-refractivity contribution in [3.63, 3.8) is 0 Å². The first-order chi connectivity index (χ1) is 9.15. The third kappa shape index (κ3) is 3.16. The zero-order chi connectivity index (χ0) is 13.8. The summed E-state index contributed by atoms with van der Waals surface area (Å²) in [5, 5.41) is 13.7. The molecule has 6 nitrogen and oxygen atoms in total. The first-order valence-corrected chi connectivity index (χ1v) is 7.43. The largest absolute Gasteiger partial charge is 0.324 e. The molecule has 0 saturated carbocycles. The van der Waals surface area contributed by atoms with Crippen LogP contribution in [0.25, 0.3) is 0 Å². The lowest BCUT2D eigenvalue weighted by atomic mass is 10.4. The Morgan fingerprint density at radius 1 is 1.37 bits per heavy atom. The lowest BCUT2D eigenvalue weighted by molar-refractivity contribution is 0.528. The molecular weight excluding hydrogens is 260 g/mol. The van der Waals surface area contributed by atoms with Crippen LogP contribution in [-0.4, -0.2) is 24.5 Å². The molecule has 19 heavy (non-hydrogen) atoms. The third-order valence-electron chi connectivity index (χ3n) is 2.83. The number of nitrogens with two attached hydrogens (primary N) is 1. The van der Waals surface area contributed by atoms with Gasteiger partial charge >= 0.3 is 0 Å². The van der Waals surface area contributed by atoms with E-state index in [0.29, 0.717) is 12.6 Å². The molecule has 0 aliphatic rings. The second-order valence-electron chi connectivity index (χ2n) is 4.52. The molecule has 0 amide bonds. The Morgan fingerprint density at radius 2 is 2.16 bits per heavy atom. The van der Waals surface area contributed by atoms with E-state index in [1.54, 1.807) is 11.8 Å². The standard InChI is InChI=1S/C12H20N6S/c1-4-17-11(7-13)14-15-12(17)19-8-10-5-6-18(16-10)9(2)3/h5-6,9H,4,7-8,13H2,1-3H3. The molecule has 0 aliphatic carbocycles. The van der Waals surface area contributed by atoms with Crippen molar-refractivity contribution in [2.75, 3.05) is 0 Å². The minimum atomic E-state index is 0.391. The highest BCUT2D eigenvalue weighted by Gasteiger charge is 2.11. The highest BCUT2D eigenvalue weighted by molar-refractivity contribution is 7.98. The summed E-state index contributed by atoms with van der Waals surface area (Å²) in [7, 11) is 0. The Kier molecular flexibility index (Phi) is 4.60. The molecule has 0 atom stereocenters. The van der Waals surface area contributed by atoms with Crippen molar-refractivity contribution in [1.29, 1.82) is 0 Å². The van der Waals surface area contributed by atoms with Crippen LogP contribution >= 0.6 is 11.8 Å². The van der Waals surface area contributed by atoms with Gasteiger partial charge in [-0.15, -0.1) is 10.2 Å². The molecule has 0 saturated heterocycles. The van der Waals surface area contributed by atoms with Gasteiger partial charge in [-0.3, -0.25) is 4.68 Å². The molecule has 2 rings (SSSR count). The monoisotopic (exact) mass is 280 g/mol. The van der Waals surface area contributed by atoms with E-state index in [1.165, 1.54) is 0 Å². The smallest absolute Gasteiger partial charge is 0.191 e. The van der Waals surface area contributed by atoms with Crippen LogP contribution in [0.2, 0.25) is 0 Å². The zero-order valence-corrected chi connectivity index (χ0v) is 12.4. The van der Waals surface area contributed by atoms with Gasteiger partial charge in [-0.25, -0.2) is 0 Å². The van der Waals surface area contributed by atoms with Crippen molar-refractivity contribution in [2.24, 2.45) is 5.73 Å². The Morgan fingerprint density at radius 3 is 2.74 bits per heavy atom. The van der Waals surface area contributed by atoms with E-state index in [4.69, 9.17) is 5.73 Å². The molecule has 7 heteroatoms. The molecular formula is C12H20N6S. The molecule has 0 unspecified atom stereocenters. The van der Waals surface area contributed by atoms with E-state index in [1.807, 2.05) is 21.5 Å². The molecule has 0 spiro atoms. The summed E-state index contributed by atoms with van der Waals surface area (Å²) in [6, 6.07) is 2.44. The zero-order valence-electron chi connectivity index (χ0n) is 11.6. The molecule has 0 aliphatic heterocycles. The first-order valence-electron chi connectivity index (χ1n) is 6.44. The normalized spacial score (nSPS) is 11.4. The van der Waals surface area contributed by atoms with E-state index < -0.39 is 0 Å². The van der Waals surface area contributed by atoms with Gasteiger partial charge < -0.3 is 10.3 Å². The van der Waals surface area contributed by atoms with Gasteiger partial charge in [-0.2, -0.15) is 5.10 Å². The van der Waals surface area contributed by atoms with Crippen LogP contribution in [0.3, 0.4) is 0 Å². The Balaban J connectivity index is 2.03. The van der Waals surface area contributed by atoms with Gasteiger partial charge in [0, 0.05) is 24.5 Å². The Hall–Kier alpha value is -1.34. The van der Waals surface area contributed by atoms with Crippen molar-refractivity contribution in [2.45, 2.75) is 50.8 Å². The summed E-state index contributed by atoms with van der Waals surface area (Å²) in [5.74, 6) is 1.63. The van der Waals surface area contributed by atoms with Crippen LogP contribution in [-0.2, 0) is 18.8 Å². The Labute approximate surface area is 117 Å². The lowest BCUT2D eigenvalue weighted by Crippen LogP contribution is -2.08. The van der Waals surface area contributed by atoms with Crippen LogP contribution in [0.15, 0.2) is 17.4 Å². The van der Waals surface area contributed by atoms with E-state index in [-0.39, 0.29) is 0 Å². The molecule has 0 fully saturated rings. The van der Waals surface area contributed by atoms with Crippen LogP contribution in [0, 0.1) is 0 Å². The SMILES string of the molecule is CCn1c(CN)nnc1SCc1ccn(C(C)C)n1. The quantitative estimate of drug-likeness (QED) is 0.817. The van der Waals surface area contributed by atoms with Gasteiger partial charge in [-0.1, -0.05) is 11.8 Å². The average Bonchev–Trinajstić information content (AvgIpc) is 3.02. The number of hydrogen-bond acceptors (Lipinski definition) is 5. The number of nitrogens with zero attached hydrogens (tertiary/aromatic N) is 5. The van der Waals surface area contributed by atoms with E-state index in [9.17, 15) is 0 Å². The van der Waals surface area contributed by atoms with Crippen molar-refractivity contribution in [1.82, 2.24) is 24.5 Å². The molecule has 104 valence electrons. The maximum absolute atomic E-state index is 5.64.